The van der Waals surface area contributed by atoms with Crippen LogP contribution in [0.3, 0.4) is 0 Å². The Morgan fingerprint density at radius 3 is 2.23 bits per heavy atom. The van der Waals surface area contributed by atoms with Gasteiger partial charge in [-0.05, 0) is 67.9 Å². The third-order valence-corrected chi connectivity index (χ3v) is 5.13. The van der Waals surface area contributed by atoms with Crippen LogP contribution in [0, 0.1) is 6.92 Å². The number of benzene rings is 2. The molecule has 0 saturated heterocycles. The maximum absolute atomic E-state index is 12.4. The summed E-state index contributed by atoms with van der Waals surface area (Å²) in [6.45, 7) is 8.00. The number of likely N-dealkylation sites (N-methyl/N-ethyl adjacent to an activating group) is 1. The van der Waals surface area contributed by atoms with Crippen LogP contribution in [0.5, 0.6) is 11.5 Å². The van der Waals surface area contributed by atoms with E-state index < -0.39 is 0 Å². The van der Waals surface area contributed by atoms with Gasteiger partial charge in [0.1, 0.15) is 0 Å². The van der Waals surface area contributed by atoms with Gasteiger partial charge >= 0.3 is 0 Å². The minimum atomic E-state index is -0.0764. The maximum Gasteiger partial charge on any atom is 0.238 e. The average Bonchev–Trinajstić information content (AvgIpc) is 2.77. The zero-order chi connectivity index (χ0) is 22.8. The van der Waals surface area contributed by atoms with Crippen molar-refractivity contribution in [1.29, 1.82) is 0 Å². The highest BCUT2D eigenvalue weighted by atomic mass is 16.5. The first kappa shape index (κ1) is 24.2. The Morgan fingerprint density at radius 2 is 1.61 bits per heavy atom. The van der Waals surface area contributed by atoms with Crippen molar-refractivity contribution in [2.45, 2.75) is 33.6 Å². The van der Waals surface area contributed by atoms with Gasteiger partial charge in [-0.3, -0.25) is 14.5 Å². The number of rotatable bonds is 11. The number of nitrogens with one attached hydrogen (secondary N) is 2. The summed E-state index contributed by atoms with van der Waals surface area (Å²) in [7, 11) is 3.18. The van der Waals surface area contributed by atoms with Crippen molar-refractivity contribution in [1.82, 2.24) is 4.90 Å². The number of methoxy groups -OCH3 is 2. The van der Waals surface area contributed by atoms with Crippen molar-refractivity contribution in [2.24, 2.45) is 0 Å². The molecule has 7 nitrogen and oxygen atoms in total. The minimum Gasteiger partial charge on any atom is -0.493 e. The summed E-state index contributed by atoms with van der Waals surface area (Å²) in [4.78, 5) is 26.7. The summed E-state index contributed by atoms with van der Waals surface area (Å²) in [6, 6.07) is 11.1. The topological polar surface area (TPSA) is 79.9 Å². The summed E-state index contributed by atoms with van der Waals surface area (Å²) < 4.78 is 10.5. The normalized spacial score (nSPS) is 10.6. The molecule has 0 aliphatic rings. The van der Waals surface area contributed by atoms with E-state index in [1.54, 1.807) is 20.3 Å². The van der Waals surface area contributed by atoms with Crippen LogP contribution in [0.1, 0.15) is 31.4 Å². The molecule has 31 heavy (non-hydrogen) atoms. The number of anilines is 2. The molecule has 168 valence electrons. The molecule has 0 aliphatic heterocycles. The summed E-state index contributed by atoms with van der Waals surface area (Å²) in [6.07, 6.45) is 0.932. The second-order valence-corrected chi connectivity index (χ2v) is 7.28. The highest BCUT2D eigenvalue weighted by Crippen LogP contribution is 2.28. The molecular formula is C24H33N3O4. The molecule has 0 unspecified atom stereocenters. The van der Waals surface area contributed by atoms with Crippen molar-refractivity contribution in [2.75, 3.05) is 44.5 Å². The summed E-state index contributed by atoms with van der Waals surface area (Å²) in [5.74, 6) is 1.19. The quantitative estimate of drug-likeness (QED) is 0.569. The zero-order valence-electron chi connectivity index (χ0n) is 19.1. The largest absolute Gasteiger partial charge is 0.493 e. The highest BCUT2D eigenvalue weighted by Gasteiger charge is 2.11. The number of carbonyl (C=O) groups excluding carboxylic acids is 2. The van der Waals surface area contributed by atoms with E-state index in [-0.39, 0.29) is 11.8 Å². The standard InChI is InChI=1S/C24H33N3O4/c1-6-27(7-2)16-24(29)26-20-11-10-19(14-17(20)3)25-23(28)13-9-18-8-12-21(30-4)22(15-18)31-5/h8,10-12,14-15H,6-7,9,13,16H2,1-5H3,(H,25,28)(H,26,29). The third kappa shape index (κ3) is 7.29. The third-order valence-electron chi connectivity index (χ3n) is 5.13. The molecule has 0 heterocycles. The molecule has 2 N–H and O–H groups in total. The Labute approximate surface area is 184 Å². The fraction of sp³-hybridized carbons (Fsp3) is 0.417. The van der Waals surface area contributed by atoms with Gasteiger partial charge in [0, 0.05) is 17.8 Å². The SMILES string of the molecule is CCN(CC)CC(=O)Nc1ccc(NC(=O)CCc2ccc(OC)c(OC)c2)cc1C. The molecule has 0 saturated carbocycles. The molecule has 0 aromatic heterocycles. The van der Waals surface area contributed by atoms with Crippen LogP contribution in [-0.2, 0) is 16.0 Å². The lowest BCUT2D eigenvalue weighted by molar-refractivity contribution is -0.117. The zero-order valence-corrected chi connectivity index (χ0v) is 19.1. The van der Waals surface area contributed by atoms with Crippen LogP contribution in [-0.4, -0.2) is 50.6 Å². The fourth-order valence-corrected chi connectivity index (χ4v) is 3.24. The first-order chi connectivity index (χ1) is 14.9. The van der Waals surface area contributed by atoms with Crippen LogP contribution in [0.2, 0.25) is 0 Å². The number of amides is 2. The number of ether oxygens (including phenoxy) is 2. The molecule has 0 atom stereocenters. The van der Waals surface area contributed by atoms with Crippen LogP contribution in [0.25, 0.3) is 0 Å². The van der Waals surface area contributed by atoms with Crippen LogP contribution >= 0.6 is 0 Å². The van der Waals surface area contributed by atoms with E-state index in [0.29, 0.717) is 36.6 Å². The highest BCUT2D eigenvalue weighted by molar-refractivity contribution is 5.94. The van der Waals surface area contributed by atoms with E-state index >= 15 is 0 Å². The number of carbonyl (C=O) groups is 2. The van der Waals surface area contributed by atoms with Gasteiger partial charge in [-0.15, -0.1) is 0 Å². The van der Waals surface area contributed by atoms with Gasteiger partial charge in [0.2, 0.25) is 11.8 Å². The first-order valence-electron chi connectivity index (χ1n) is 10.5. The van der Waals surface area contributed by atoms with E-state index in [2.05, 4.69) is 15.5 Å². The second kappa shape index (κ2) is 12.0. The molecule has 0 bridgehead atoms. The van der Waals surface area contributed by atoms with Crippen molar-refractivity contribution in [3.05, 3.63) is 47.5 Å². The molecule has 2 amide bonds. The Morgan fingerprint density at radius 1 is 0.903 bits per heavy atom. The summed E-state index contributed by atoms with van der Waals surface area (Å²) in [5.41, 5.74) is 3.35. The Bertz CT molecular complexity index is 894. The lowest BCUT2D eigenvalue weighted by Crippen LogP contribution is -2.33. The van der Waals surface area contributed by atoms with Crippen molar-refractivity contribution in [3.8, 4) is 11.5 Å². The lowest BCUT2D eigenvalue weighted by Gasteiger charge is -2.18. The van der Waals surface area contributed by atoms with Crippen molar-refractivity contribution < 1.29 is 19.1 Å². The number of aryl methyl sites for hydroxylation is 2. The van der Waals surface area contributed by atoms with Gasteiger partial charge in [-0.1, -0.05) is 19.9 Å². The van der Waals surface area contributed by atoms with Crippen molar-refractivity contribution in [3.63, 3.8) is 0 Å². The van der Waals surface area contributed by atoms with Crippen molar-refractivity contribution >= 4 is 23.2 Å². The number of hydrogen-bond acceptors (Lipinski definition) is 5. The molecule has 2 aromatic rings. The molecule has 0 fully saturated rings. The lowest BCUT2D eigenvalue weighted by atomic mass is 10.1. The van der Waals surface area contributed by atoms with E-state index in [0.717, 1.165) is 29.9 Å². The van der Waals surface area contributed by atoms with Crippen LogP contribution < -0.4 is 20.1 Å². The monoisotopic (exact) mass is 427 g/mol. The number of nitrogens with zero attached hydrogens (tertiary/aromatic N) is 1. The smallest absolute Gasteiger partial charge is 0.238 e. The van der Waals surface area contributed by atoms with E-state index in [4.69, 9.17) is 9.47 Å². The predicted molar refractivity (Wildman–Crippen MR) is 124 cm³/mol. The fourth-order valence-electron chi connectivity index (χ4n) is 3.24. The average molecular weight is 428 g/mol. The number of hydrogen-bond donors (Lipinski definition) is 2. The predicted octanol–water partition coefficient (Wildman–Crippen LogP) is 3.86. The summed E-state index contributed by atoms with van der Waals surface area (Å²) in [5, 5.41) is 5.86. The molecular weight excluding hydrogens is 394 g/mol. The van der Waals surface area contributed by atoms with Gasteiger partial charge < -0.3 is 20.1 Å². The molecule has 0 radical (unpaired) electrons. The molecule has 7 heteroatoms. The van der Waals surface area contributed by atoms with E-state index in [9.17, 15) is 9.59 Å². The first-order valence-corrected chi connectivity index (χ1v) is 10.5. The second-order valence-electron chi connectivity index (χ2n) is 7.28. The Hall–Kier alpha value is -3.06. The van der Waals surface area contributed by atoms with Gasteiger partial charge in [-0.2, -0.15) is 0 Å². The summed E-state index contributed by atoms with van der Waals surface area (Å²) >= 11 is 0. The maximum atomic E-state index is 12.4. The van der Waals surface area contributed by atoms with Crippen LogP contribution in [0.15, 0.2) is 36.4 Å². The molecule has 0 spiro atoms. The minimum absolute atomic E-state index is 0.0431. The molecule has 2 aromatic carbocycles. The molecule has 2 rings (SSSR count). The molecule has 0 aliphatic carbocycles. The van der Waals surface area contributed by atoms with Gasteiger partial charge in [0.25, 0.3) is 0 Å². The van der Waals surface area contributed by atoms with Gasteiger partial charge in [-0.25, -0.2) is 0 Å². The Kier molecular flexibility index (Phi) is 9.34. The van der Waals surface area contributed by atoms with E-state index in [1.165, 1.54) is 0 Å². The van der Waals surface area contributed by atoms with Gasteiger partial charge in [0.15, 0.2) is 11.5 Å². The Balaban J connectivity index is 1.91. The van der Waals surface area contributed by atoms with Crippen LogP contribution in [0.4, 0.5) is 11.4 Å². The van der Waals surface area contributed by atoms with E-state index in [1.807, 2.05) is 51.1 Å². The van der Waals surface area contributed by atoms with Gasteiger partial charge in [0.05, 0.1) is 20.8 Å².